The van der Waals surface area contributed by atoms with Crippen LogP contribution in [-0.2, 0) is 19.6 Å². The zero-order chi connectivity index (χ0) is 14.7. The van der Waals surface area contributed by atoms with Crippen molar-refractivity contribution in [1.29, 1.82) is 0 Å². The number of aryl methyl sites for hydroxylation is 2. The Hall–Kier alpha value is -2.20. The van der Waals surface area contributed by atoms with E-state index < -0.39 is 0 Å². The van der Waals surface area contributed by atoms with E-state index in [1.807, 2.05) is 18.5 Å². The highest BCUT2D eigenvalue weighted by Crippen LogP contribution is 2.16. The van der Waals surface area contributed by atoms with Crippen LogP contribution in [0.5, 0.6) is 0 Å². The molecule has 0 unspecified atom stereocenters. The highest BCUT2D eigenvalue weighted by atomic mass is 15.1. The number of pyridine rings is 1. The number of imidazole rings is 1. The molecule has 0 aliphatic heterocycles. The molecule has 4 heteroatoms. The van der Waals surface area contributed by atoms with Crippen molar-refractivity contribution < 1.29 is 0 Å². The summed E-state index contributed by atoms with van der Waals surface area (Å²) in [5, 5.41) is 3.48. The molecule has 2 aromatic heterocycles. The first-order chi connectivity index (χ1) is 10.3. The average molecular weight is 280 g/mol. The maximum absolute atomic E-state index is 4.73. The second-order valence-electron chi connectivity index (χ2n) is 5.17. The molecule has 0 aliphatic carbocycles. The van der Waals surface area contributed by atoms with Gasteiger partial charge in [0.05, 0.1) is 17.6 Å². The minimum absolute atomic E-state index is 0.768. The quantitative estimate of drug-likeness (QED) is 0.781. The molecule has 0 saturated carbocycles. The summed E-state index contributed by atoms with van der Waals surface area (Å²) in [6, 6.07) is 10.4. The molecule has 0 fully saturated rings. The SMILES string of the molecule is CCn1c(CNCc2ccncc2C)nc2ccccc21. The number of aromatic nitrogens is 3. The van der Waals surface area contributed by atoms with Crippen molar-refractivity contribution >= 4 is 11.0 Å². The van der Waals surface area contributed by atoms with Gasteiger partial charge in [-0.3, -0.25) is 4.98 Å². The molecule has 0 saturated heterocycles. The number of fused-ring (bicyclic) bond motifs is 1. The Labute approximate surface area is 124 Å². The molecule has 4 nitrogen and oxygen atoms in total. The Balaban J connectivity index is 1.75. The van der Waals surface area contributed by atoms with Gasteiger partial charge in [-0.25, -0.2) is 4.98 Å². The molecule has 2 heterocycles. The lowest BCUT2D eigenvalue weighted by molar-refractivity contribution is 0.619. The predicted molar refractivity (Wildman–Crippen MR) is 84.9 cm³/mol. The summed E-state index contributed by atoms with van der Waals surface area (Å²) in [7, 11) is 0. The Kier molecular flexibility index (Phi) is 3.97. The molecule has 1 N–H and O–H groups in total. The number of nitrogens with zero attached hydrogens (tertiary/aromatic N) is 3. The number of hydrogen-bond acceptors (Lipinski definition) is 3. The lowest BCUT2D eigenvalue weighted by Crippen LogP contribution is -2.17. The number of benzene rings is 1. The van der Waals surface area contributed by atoms with E-state index in [1.165, 1.54) is 16.6 Å². The summed E-state index contributed by atoms with van der Waals surface area (Å²) in [6.45, 7) is 6.79. The van der Waals surface area contributed by atoms with Crippen molar-refractivity contribution in [3.05, 3.63) is 59.7 Å². The fourth-order valence-corrected chi connectivity index (χ4v) is 2.62. The van der Waals surface area contributed by atoms with Crippen LogP contribution in [0, 0.1) is 6.92 Å². The van der Waals surface area contributed by atoms with E-state index >= 15 is 0 Å². The van der Waals surface area contributed by atoms with Crippen LogP contribution in [-0.4, -0.2) is 14.5 Å². The van der Waals surface area contributed by atoms with Gasteiger partial charge in [0, 0.05) is 25.5 Å². The Morgan fingerprint density at radius 1 is 1.14 bits per heavy atom. The summed E-state index contributed by atoms with van der Waals surface area (Å²) in [6.07, 6.45) is 3.74. The van der Waals surface area contributed by atoms with Crippen molar-refractivity contribution in [1.82, 2.24) is 19.9 Å². The van der Waals surface area contributed by atoms with E-state index in [1.54, 1.807) is 0 Å². The van der Waals surface area contributed by atoms with Gasteiger partial charge >= 0.3 is 0 Å². The van der Waals surface area contributed by atoms with Crippen LogP contribution in [0.4, 0.5) is 0 Å². The van der Waals surface area contributed by atoms with Gasteiger partial charge in [-0.1, -0.05) is 12.1 Å². The van der Waals surface area contributed by atoms with Gasteiger partial charge in [0.1, 0.15) is 5.82 Å². The highest BCUT2D eigenvalue weighted by molar-refractivity contribution is 5.75. The van der Waals surface area contributed by atoms with Crippen LogP contribution in [0.3, 0.4) is 0 Å². The van der Waals surface area contributed by atoms with E-state index in [9.17, 15) is 0 Å². The van der Waals surface area contributed by atoms with Crippen molar-refractivity contribution in [2.75, 3.05) is 0 Å². The van der Waals surface area contributed by atoms with Crippen LogP contribution in [0.15, 0.2) is 42.7 Å². The third-order valence-corrected chi connectivity index (χ3v) is 3.78. The van der Waals surface area contributed by atoms with E-state index in [0.29, 0.717) is 0 Å². The second-order valence-corrected chi connectivity index (χ2v) is 5.17. The standard InChI is InChI=1S/C17H20N4/c1-3-21-16-7-5-4-6-15(16)20-17(21)12-19-11-14-8-9-18-10-13(14)2/h4-10,19H,3,11-12H2,1-2H3. The molecule has 0 spiro atoms. The zero-order valence-electron chi connectivity index (χ0n) is 12.5. The van der Waals surface area contributed by atoms with Gasteiger partial charge in [0.15, 0.2) is 0 Å². The topological polar surface area (TPSA) is 42.7 Å². The highest BCUT2D eigenvalue weighted by Gasteiger charge is 2.08. The third-order valence-electron chi connectivity index (χ3n) is 3.78. The Morgan fingerprint density at radius 2 is 2.00 bits per heavy atom. The fraction of sp³-hybridized carbons (Fsp3) is 0.294. The molecule has 0 bridgehead atoms. The molecule has 3 aromatic rings. The number of nitrogens with one attached hydrogen (secondary N) is 1. The first-order valence-corrected chi connectivity index (χ1v) is 7.34. The average Bonchev–Trinajstić information content (AvgIpc) is 2.86. The number of hydrogen-bond donors (Lipinski definition) is 1. The van der Waals surface area contributed by atoms with E-state index in [2.05, 4.69) is 53.0 Å². The normalized spacial score (nSPS) is 11.1. The van der Waals surface area contributed by atoms with Crippen LogP contribution in [0.2, 0.25) is 0 Å². The van der Waals surface area contributed by atoms with Gasteiger partial charge in [0.2, 0.25) is 0 Å². The summed E-state index contributed by atoms with van der Waals surface area (Å²) in [4.78, 5) is 8.85. The third kappa shape index (κ3) is 2.81. The van der Waals surface area contributed by atoms with Gasteiger partial charge < -0.3 is 9.88 Å². The van der Waals surface area contributed by atoms with E-state index in [-0.39, 0.29) is 0 Å². The Bertz CT molecular complexity index is 745. The van der Waals surface area contributed by atoms with Crippen LogP contribution in [0.1, 0.15) is 23.9 Å². The second kappa shape index (κ2) is 6.06. The summed E-state index contributed by atoms with van der Waals surface area (Å²) in [5.41, 5.74) is 4.77. The van der Waals surface area contributed by atoms with Crippen molar-refractivity contribution in [2.24, 2.45) is 0 Å². The van der Waals surface area contributed by atoms with Crippen molar-refractivity contribution in [3.8, 4) is 0 Å². The van der Waals surface area contributed by atoms with Gasteiger partial charge in [-0.15, -0.1) is 0 Å². The predicted octanol–water partition coefficient (Wildman–Crippen LogP) is 3.05. The first-order valence-electron chi connectivity index (χ1n) is 7.34. The summed E-state index contributed by atoms with van der Waals surface area (Å²) < 4.78 is 2.27. The monoisotopic (exact) mass is 280 g/mol. The maximum Gasteiger partial charge on any atom is 0.123 e. The molecular formula is C17H20N4. The van der Waals surface area contributed by atoms with E-state index in [4.69, 9.17) is 4.98 Å². The largest absolute Gasteiger partial charge is 0.327 e. The van der Waals surface area contributed by atoms with E-state index in [0.717, 1.165) is 31.0 Å². The van der Waals surface area contributed by atoms with Crippen LogP contribution in [0.25, 0.3) is 11.0 Å². The van der Waals surface area contributed by atoms with Crippen molar-refractivity contribution in [3.63, 3.8) is 0 Å². The van der Waals surface area contributed by atoms with Gasteiger partial charge in [0.25, 0.3) is 0 Å². The number of rotatable bonds is 5. The zero-order valence-corrected chi connectivity index (χ0v) is 12.5. The minimum atomic E-state index is 0.768. The first kappa shape index (κ1) is 13.8. The number of para-hydroxylation sites is 2. The summed E-state index contributed by atoms with van der Waals surface area (Å²) in [5.74, 6) is 1.09. The van der Waals surface area contributed by atoms with Crippen molar-refractivity contribution in [2.45, 2.75) is 33.5 Å². The smallest absolute Gasteiger partial charge is 0.123 e. The molecule has 0 atom stereocenters. The van der Waals surface area contributed by atoms with Crippen LogP contribution >= 0.6 is 0 Å². The minimum Gasteiger partial charge on any atom is -0.327 e. The van der Waals surface area contributed by atoms with Gasteiger partial charge in [-0.05, 0) is 43.2 Å². The lowest BCUT2D eigenvalue weighted by Gasteiger charge is -2.09. The molecule has 0 amide bonds. The molecule has 3 rings (SSSR count). The van der Waals surface area contributed by atoms with Gasteiger partial charge in [-0.2, -0.15) is 0 Å². The fourth-order valence-electron chi connectivity index (χ4n) is 2.62. The maximum atomic E-state index is 4.73. The molecule has 0 aliphatic rings. The molecule has 21 heavy (non-hydrogen) atoms. The Morgan fingerprint density at radius 3 is 2.81 bits per heavy atom. The molecular weight excluding hydrogens is 260 g/mol. The van der Waals surface area contributed by atoms with Crippen LogP contribution < -0.4 is 5.32 Å². The molecule has 0 radical (unpaired) electrons. The summed E-state index contributed by atoms with van der Waals surface area (Å²) >= 11 is 0. The lowest BCUT2D eigenvalue weighted by atomic mass is 10.1. The molecule has 108 valence electrons. The molecule has 1 aromatic carbocycles.